The van der Waals surface area contributed by atoms with Crippen LogP contribution in [0.5, 0.6) is 5.75 Å². The van der Waals surface area contributed by atoms with Crippen LogP contribution in [-0.2, 0) is 19.7 Å². The third-order valence-corrected chi connectivity index (χ3v) is 9.79. The number of amides is 3. The summed E-state index contributed by atoms with van der Waals surface area (Å²) in [6, 6.07) is 17.2. The molecule has 3 atom stereocenters. The molecule has 2 N–H and O–H groups in total. The van der Waals surface area contributed by atoms with Gasteiger partial charge in [-0.1, -0.05) is 57.3 Å². The molecule has 0 aliphatic carbocycles. The van der Waals surface area contributed by atoms with Gasteiger partial charge in [-0.2, -0.15) is 4.79 Å². The van der Waals surface area contributed by atoms with Crippen molar-refractivity contribution in [3.05, 3.63) is 91.9 Å². The van der Waals surface area contributed by atoms with Crippen molar-refractivity contribution < 1.29 is 28.6 Å². The average molecular weight is 716 g/mol. The van der Waals surface area contributed by atoms with Gasteiger partial charge in [0.2, 0.25) is 11.8 Å². The lowest BCUT2D eigenvalue weighted by atomic mass is 9.59. The quantitative estimate of drug-likeness (QED) is 0.266. The van der Waals surface area contributed by atoms with Crippen molar-refractivity contribution in [1.82, 2.24) is 5.32 Å². The predicted molar refractivity (Wildman–Crippen MR) is 176 cm³/mol. The SMILES string of the molecule is CC(C)(C)OC(=O)[N+]1(Oc2ccc(Br)cc2[C@H]2NC(=O)C[C@@H](c3cccc(Cl)c3)[C@]23C(=O)Nc2cc(Cl)ccc23)CCCCC1. The highest BCUT2D eigenvalue weighted by Gasteiger charge is 2.62. The van der Waals surface area contributed by atoms with Crippen LogP contribution >= 0.6 is 39.1 Å². The molecule has 2 saturated heterocycles. The van der Waals surface area contributed by atoms with E-state index in [-0.39, 0.29) is 22.9 Å². The van der Waals surface area contributed by atoms with Crippen molar-refractivity contribution in [2.75, 3.05) is 18.4 Å². The van der Waals surface area contributed by atoms with Crippen molar-refractivity contribution in [2.24, 2.45) is 0 Å². The van der Waals surface area contributed by atoms with Crippen LogP contribution in [0.25, 0.3) is 0 Å². The monoisotopic (exact) mass is 714 g/mol. The van der Waals surface area contributed by atoms with E-state index in [1.807, 2.05) is 51.1 Å². The highest BCUT2D eigenvalue weighted by Crippen LogP contribution is 2.59. The normalized spacial score (nSPS) is 24.0. The van der Waals surface area contributed by atoms with E-state index in [1.165, 1.54) is 0 Å². The second-order valence-electron chi connectivity index (χ2n) is 13.0. The zero-order chi connectivity index (χ0) is 32.1. The van der Waals surface area contributed by atoms with E-state index in [4.69, 9.17) is 32.8 Å². The molecule has 0 unspecified atom stereocenters. The van der Waals surface area contributed by atoms with Crippen LogP contribution in [0.4, 0.5) is 10.5 Å². The standard InChI is InChI=1S/C34H34BrCl2N3O5/c1-33(2,3)44-32(43)40(14-5-4-6-15-40)45-28-13-10-21(35)17-24(28)30-34(25-12-11-23(37)18-27(25)38-31(34)42)26(19-29(41)39-30)20-8-7-9-22(36)16-20/h7-13,16-18,26,30H,4-6,14-15,19H2,1-3H3,(H-,38,39,41,42)/p+1/t26-,30+,34-/m0/s1. The van der Waals surface area contributed by atoms with E-state index >= 15 is 0 Å². The molecule has 6 rings (SSSR count). The summed E-state index contributed by atoms with van der Waals surface area (Å²) < 4.78 is 6.24. The molecule has 0 radical (unpaired) electrons. The number of carbonyl (C=O) groups excluding carboxylic acids is 3. The van der Waals surface area contributed by atoms with Gasteiger partial charge in [0.15, 0.2) is 5.75 Å². The second-order valence-corrected chi connectivity index (χ2v) is 14.8. The Hall–Kier alpha value is -3.11. The van der Waals surface area contributed by atoms with E-state index < -0.39 is 29.1 Å². The number of hydrogen-bond donors (Lipinski definition) is 2. The molecular weight excluding hydrogens is 681 g/mol. The Morgan fingerprint density at radius 2 is 1.71 bits per heavy atom. The van der Waals surface area contributed by atoms with E-state index in [2.05, 4.69) is 26.6 Å². The molecule has 3 aromatic carbocycles. The van der Waals surface area contributed by atoms with Gasteiger partial charge in [0.1, 0.15) is 24.1 Å². The minimum absolute atomic E-state index is 0.0500. The lowest BCUT2D eigenvalue weighted by molar-refractivity contribution is -1.02. The summed E-state index contributed by atoms with van der Waals surface area (Å²) in [5, 5.41) is 7.19. The summed E-state index contributed by atoms with van der Waals surface area (Å²) in [5.41, 5.74) is 0.554. The van der Waals surface area contributed by atoms with Gasteiger partial charge in [0, 0.05) is 50.9 Å². The van der Waals surface area contributed by atoms with Gasteiger partial charge in [-0.3, -0.25) is 9.59 Å². The van der Waals surface area contributed by atoms with E-state index in [0.29, 0.717) is 45.7 Å². The van der Waals surface area contributed by atoms with Gasteiger partial charge in [-0.05, 0) is 85.4 Å². The number of fused-ring (bicyclic) bond motifs is 2. The lowest BCUT2D eigenvalue weighted by Gasteiger charge is -2.47. The second kappa shape index (κ2) is 11.9. The number of ether oxygens (including phenoxy) is 1. The number of piperidine rings is 2. The highest BCUT2D eigenvalue weighted by atomic mass is 79.9. The Bertz CT molecular complexity index is 1690. The predicted octanol–water partition coefficient (Wildman–Crippen LogP) is 8.22. The highest BCUT2D eigenvalue weighted by molar-refractivity contribution is 9.10. The Morgan fingerprint density at radius 3 is 2.42 bits per heavy atom. The fourth-order valence-corrected chi connectivity index (χ4v) is 7.71. The van der Waals surface area contributed by atoms with Crippen molar-refractivity contribution in [1.29, 1.82) is 0 Å². The van der Waals surface area contributed by atoms with Gasteiger partial charge < -0.3 is 20.2 Å². The fraction of sp³-hybridized carbons (Fsp3) is 0.382. The third kappa shape index (κ3) is 5.84. The first kappa shape index (κ1) is 31.9. The van der Waals surface area contributed by atoms with Crippen molar-refractivity contribution in [2.45, 2.75) is 69.4 Å². The molecule has 236 valence electrons. The minimum atomic E-state index is -1.31. The van der Waals surface area contributed by atoms with E-state index in [1.54, 1.807) is 30.3 Å². The molecular formula is C34H35BrCl2N3O5+. The molecule has 2 fully saturated rings. The van der Waals surface area contributed by atoms with Gasteiger partial charge in [-0.25, -0.2) is 0 Å². The summed E-state index contributed by atoms with van der Waals surface area (Å²) in [6.07, 6.45) is 2.11. The maximum absolute atomic E-state index is 14.5. The first-order valence-electron chi connectivity index (χ1n) is 15.1. The maximum Gasteiger partial charge on any atom is 0.559 e. The maximum atomic E-state index is 14.5. The van der Waals surface area contributed by atoms with Crippen LogP contribution in [0.2, 0.25) is 10.0 Å². The molecule has 0 aromatic heterocycles. The minimum Gasteiger partial charge on any atom is -0.411 e. The number of carbonyl (C=O) groups is 3. The van der Waals surface area contributed by atoms with Crippen LogP contribution in [0.3, 0.4) is 0 Å². The zero-order valence-corrected chi connectivity index (χ0v) is 28.4. The number of nitrogens with one attached hydrogen (secondary N) is 2. The number of rotatable bonds is 4. The molecule has 8 nitrogen and oxygen atoms in total. The fourth-order valence-electron chi connectivity index (χ4n) is 6.97. The summed E-state index contributed by atoms with van der Waals surface area (Å²) in [7, 11) is 0. The number of halogens is 3. The molecule has 45 heavy (non-hydrogen) atoms. The van der Waals surface area contributed by atoms with Crippen LogP contribution in [0.15, 0.2) is 65.1 Å². The van der Waals surface area contributed by atoms with Crippen LogP contribution in [-0.4, -0.2) is 41.2 Å². The number of benzene rings is 3. The topological polar surface area (TPSA) is 93.7 Å². The number of likely N-dealkylation sites (tertiary alicyclic amines) is 1. The Kier molecular flexibility index (Phi) is 8.44. The summed E-state index contributed by atoms with van der Waals surface area (Å²) >= 11 is 16.5. The molecule has 3 heterocycles. The molecule has 3 aromatic rings. The van der Waals surface area contributed by atoms with Crippen LogP contribution < -0.4 is 15.5 Å². The number of nitrogens with zero attached hydrogens (tertiary/aromatic N) is 1. The van der Waals surface area contributed by atoms with Gasteiger partial charge in [-0.15, -0.1) is 0 Å². The van der Waals surface area contributed by atoms with Crippen molar-refractivity contribution in [3.63, 3.8) is 0 Å². The van der Waals surface area contributed by atoms with Crippen LogP contribution in [0, 0.1) is 0 Å². The summed E-state index contributed by atoms with van der Waals surface area (Å²) in [5.74, 6) is -0.730. The van der Waals surface area contributed by atoms with Gasteiger partial charge in [0.05, 0.1) is 6.04 Å². The molecule has 0 bridgehead atoms. The van der Waals surface area contributed by atoms with Crippen LogP contribution in [0.1, 0.15) is 75.1 Å². The van der Waals surface area contributed by atoms with E-state index in [9.17, 15) is 14.4 Å². The number of hydrogen-bond acceptors (Lipinski definition) is 5. The third-order valence-electron chi connectivity index (χ3n) is 8.82. The molecule has 3 aliphatic heterocycles. The number of hydroxylamine groups is 3. The van der Waals surface area contributed by atoms with Crippen molar-refractivity contribution in [3.8, 4) is 5.75 Å². The Morgan fingerprint density at radius 1 is 0.978 bits per heavy atom. The smallest absolute Gasteiger partial charge is 0.411 e. The van der Waals surface area contributed by atoms with E-state index in [0.717, 1.165) is 29.3 Å². The zero-order valence-electron chi connectivity index (χ0n) is 25.3. The number of anilines is 1. The summed E-state index contributed by atoms with van der Waals surface area (Å²) in [4.78, 5) is 48.7. The first-order chi connectivity index (χ1) is 21.3. The first-order valence-corrected chi connectivity index (χ1v) is 16.6. The largest absolute Gasteiger partial charge is 0.559 e. The molecule has 0 saturated carbocycles. The van der Waals surface area contributed by atoms with Crippen molar-refractivity contribution >= 4 is 62.7 Å². The average Bonchev–Trinajstić information content (AvgIpc) is 3.25. The Labute approximate surface area is 281 Å². The molecule has 11 heteroatoms. The molecule has 1 spiro atoms. The molecule has 3 aliphatic rings. The van der Waals surface area contributed by atoms with Gasteiger partial charge >= 0.3 is 6.09 Å². The lowest BCUT2D eigenvalue weighted by Crippen LogP contribution is -2.60. The number of quaternary nitrogens is 1. The molecule has 3 amide bonds. The Balaban J connectivity index is 1.56. The van der Waals surface area contributed by atoms with Gasteiger partial charge in [0.25, 0.3) is 0 Å². The summed E-state index contributed by atoms with van der Waals surface area (Å²) in [6.45, 7) is 6.35.